The fourth-order valence-electron chi connectivity index (χ4n) is 2.66. The first-order chi connectivity index (χ1) is 12.2. The molecule has 0 fully saturated rings. The van der Waals surface area contributed by atoms with E-state index in [2.05, 4.69) is 20.3 Å². The second kappa shape index (κ2) is 7.31. The summed E-state index contributed by atoms with van der Waals surface area (Å²) in [4.78, 5) is 24.6. The number of methoxy groups -OCH3 is 1. The van der Waals surface area contributed by atoms with Gasteiger partial charge >= 0.3 is 0 Å². The van der Waals surface area contributed by atoms with E-state index in [9.17, 15) is 4.79 Å². The minimum atomic E-state index is -0.161. The number of hydrogen-bond acceptors (Lipinski definition) is 6. The van der Waals surface area contributed by atoms with E-state index in [1.165, 1.54) is 6.21 Å². The smallest absolute Gasteiger partial charge is 0.280 e. The zero-order valence-electron chi connectivity index (χ0n) is 14.2. The zero-order chi connectivity index (χ0) is 17.8. The van der Waals surface area contributed by atoms with Crippen molar-refractivity contribution < 1.29 is 4.74 Å². The molecule has 3 rings (SSSR count). The molecule has 0 atom stereocenters. The lowest BCUT2D eigenvalue weighted by Gasteiger charge is -2.05. The van der Waals surface area contributed by atoms with Crippen molar-refractivity contribution in [2.45, 2.75) is 19.9 Å². The van der Waals surface area contributed by atoms with Crippen LogP contribution in [0.1, 0.15) is 19.2 Å². The number of ether oxygens (including phenoxy) is 1. The first-order valence-electron chi connectivity index (χ1n) is 8.10. The Morgan fingerprint density at radius 3 is 3.08 bits per heavy atom. The Balaban J connectivity index is 2.12. The number of aryl methyl sites for hydroxylation is 1. The van der Waals surface area contributed by atoms with E-state index in [1.807, 2.05) is 6.92 Å². The average molecular weight is 343 g/mol. The largest absolute Gasteiger partial charge is 0.388 e. The first-order valence-corrected chi connectivity index (χ1v) is 8.10. The van der Waals surface area contributed by atoms with E-state index in [1.54, 1.807) is 34.7 Å². The van der Waals surface area contributed by atoms with Gasteiger partial charge in [-0.15, -0.1) is 0 Å². The molecule has 0 saturated heterocycles. The van der Waals surface area contributed by atoms with Gasteiger partial charge in [-0.1, -0.05) is 6.92 Å². The Hall–Kier alpha value is -2.94. The third-order valence-electron chi connectivity index (χ3n) is 3.82. The minimum absolute atomic E-state index is 0.161. The van der Waals surface area contributed by atoms with Gasteiger partial charge in [0.05, 0.1) is 12.2 Å². The van der Waals surface area contributed by atoms with Gasteiger partial charge in [0.25, 0.3) is 5.56 Å². The maximum absolute atomic E-state index is 12.8. The van der Waals surface area contributed by atoms with Crippen LogP contribution in [0, 0.1) is 5.41 Å². The van der Waals surface area contributed by atoms with Crippen molar-refractivity contribution >= 4 is 28.7 Å². The van der Waals surface area contributed by atoms with Gasteiger partial charge in [0.2, 0.25) is 5.78 Å². The molecule has 0 radical (unpaired) electrons. The van der Waals surface area contributed by atoms with Gasteiger partial charge in [0.1, 0.15) is 5.82 Å². The van der Waals surface area contributed by atoms with Gasteiger partial charge in [-0.2, -0.15) is 0 Å². The number of aromatic amines is 1. The summed E-state index contributed by atoms with van der Waals surface area (Å²) in [6.07, 6.45) is 7.11. The number of imidazole rings is 2. The Kier molecular flexibility index (Phi) is 4.94. The van der Waals surface area contributed by atoms with Gasteiger partial charge in [-0.3, -0.25) is 13.8 Å². The topological polar surface area (TPSA) is 113 Å². The summed E-state index contributed by atoms with van der Waals surface area (Å²) in [6, 6.07) is 0. The highest BCUT2D eigenvalue weighted by atomic mass is 16.5. The number of nitrogens with zero attached hydrogens (tertiary/aromatic N) is 4. The van der Waals surface area contributed by atoms with Crippen LogP contribution in [0.2, 0.25) is 0 Å². The van der Waals surface area contributed by atoms with E-state index in [4.69, 9.17) is 10.1 Å². The lowest BCUT2D eigenvalue weighted by Crippen LogP contribution is -2.23. The van der Waals surface area contributed by atoms with Crippen LogP contribution in [0.5, 0.6) is 0 Å². The van der Waals surface area contributed by atoms with Crippen LogP contribution in [0.15, 0.2) is 23.4 Å². The molecule has 0 aliphatic heterocycles. The maximum Gasteiger partial charge on any atom is 0.280 e. The lowest BCUT2D eigenvalue weighted by molar-refractivity contribution is 0.203. The molecule has 3 aromatic heterocycles. The third-order valence-corrected chi connectivity index (χ3v) is 3.82. The zero-order valence-corrected chi connectivity index (χ0v) is 14.2. The number of H-pyrrole nitrogens is 1. The van der Waals surface area contributed by atoms with Gasteiger partial charge in [-0.05, 0) is 6.42 Å². The van der Waals surface area contributed by atoms with Gasteiger partial charge < -0.3 is 20.4 Å². The highest BCUT2D eigenvalue weighted by Gasteiger charge is 2.16. The van der Waals surface area contributed by atoms with E-state index >= 15 is 0 Å². The third kappa shape index (κ3) is 3.05. The van der Waals surface area contributed by atoms with Crippen molar-refractivity contribution in [3.8, 4) is 0 Å². The fourth-order valence-corrected chi connectivity index (χ4v) is 2.66. The van der Waals surface area contributed by atoms with Crippen LogP contribution >= 0.6 is 0 Å². The second-order valence-corrected chi connectivity index (χ2v) is 5.53. The molecule has 9 heteroatoms. The molecule has 0 saturated carbocycles. The SMILES string of the molecule is CCCn1c(=O)c2[nH]c(/C(C=N)=C/NCCOC)nc2n2ccnc12. The summed E-state index contributed by atoms with van der Waals surface area (Å²) in [7, 11) is 1.62. The molecule has 25 heavy (non-hydrogen) atoms. The number of rotatable bonds is 8. The monoisotopic (exact) mass is 343 g/mol. The van der Waals surface area contributed by atoms with Crippen molar-refractivity contribution in [2.75, 3.05) is 20.3 Å². The van der Waals surface area contributed by atoms with Crippen molar-refractivity contribution in [3.05, 3.63) is 34.8 Å². The summed E-state index contributed by atoms with van der Waals surface area (Å²) < 4.78 is 8.39. The molecule has 132 valence electrons. The van der Waals surface area contributed by atoms with Gasteiger partial charge in [0, 0.05) is 45.0 Å². The van der Waals surface area contributed by atoms with Crippen molar-refractivity contribution in [1.82, 2.24) is 29.2 Å². The minimum Gasteiger partial charge on any atom is -0.388 e. The number of allylic oxidation sites excluding steroid dienone is 1. The average Bonchev–Trinajstić information content (AvgIpc) is 3.25. The summed E-state index contributed by atoms with van der Waals surface area (Å²) in [5.41, 5.74) is 1.29. The summed E-state index contributed by atoms with van der Waals surface area (Å²) in [6.45, 7) is 3.76. The van der Waals surface area contributed by atoms with Crippen LogP contribution in [-0.2, 0) is 11.3 Å². The fraction of sp³-hybridized carbons (Fsp3) is 0.375. The predicted octanol–water partition coefficient (Wildman–Crippen LogP) is 1.01. The Morgan fingerprint density at radius 2 is 2.36 bits per heavy atom. The molecule has 3 aromatic rings. The number of hydrogen-bond donors (Lipinski definition) is 3. The van der Waals surface area contributed by atoms with Crippen LogP contribution in [-0.4, -0.2) is 50.4 Å². The Morgan fingerprint density at radius 1 is 1.52 bits per heavy atom. The standard InChI is InChI=1S/C16H21N7O2/c1-3-6-23-15(24)12-14(22-7-4-19-16(22)23)21-13(20-12)11(9-17)10-18-5-8-25-2/h4,7,9-10,17-18H,3,5-6,8H2,1-2H3,(H,20,21)/b11-10+,17-9?. The van der Waals surface area contributed by atoms with Gasteiger partial charge in [-0.25, -0.2) is 9.97 Å². The molecule has 0 aliphatic rings. The van der Waals surface area contributed by atoms with E-state index < -0.39 is 0 Å². The highest BCUT2D eigenvalue weighted by Crippen LogP contribution is 2.15. The molecule has 3 N–H and O–H groups in total. The molecule has 9 nitrogen and oxygen atoms in total. The van der Waals surface area contributed by atoms with Crippen LogP contribution in [0.3, 0.4) is 0 Å². The Labute approximate surface area is 143 Å². The highest BCUT2D eigenvalue weighted by molar-refractivity contribution is 6.07. The molecule has 0 aliphatic carbocycles. The van der Waals surface area contributed by atoms with Crippen LogP contribution in [0.4, 0.5) is 0 Å². The second-order valence-electron chi connectivity index (χ2n) is 5.53. The summed E-state index contributed by atoms with van der Waals surface area (Å²) >= 11 is 0. The van der Waals surface area contributed by atoms with Gasteiger partial charge in [0.15, 0.2) is 11.2 Å². The molecule has 0 spiro atoms. The number of nitrogens with one attached hydrogen (secondary N) is 3. The van der Waals surface area contributed by atoms with E-state index in [0.29, 0.717) is 48.0 Å². The summed E-state index contributed by atoms with van der Waals surface area (Å²) in [5.74, 6) is 1.02. The van der Waals surface area contributed by atoms with Crippen LogP contribution in [0.25, 0.3) is 22.5 Å². The van der Waals surface area contributed by atoms with E-state index in [0.717, 1.165) is 6.42 Å². The van der Waals surface area contributed by atoms with Crippen molar-refractivity contribution in [3.63, 3.8) is 0 Å². The normalized spacial score (nSPS) is 12.2. The number of aromatic nitrogens is 5. The predicted molar refractivity (Wildman–Crippen MR) is 96.0 cm³/mol. The molecule has 0 unspecified atom stereocenters. The lowest BCUT2D eigenvalue weighted by atomic mass is 10.3. The molecule has 3 heterocycles. The molecule has 0 bridgehead atoms. The van der Waals surface area contributed by atoms with E-state index in [-0.39, 0.29) is 5.56 Å². The van der Waals surface area contributed by atoms with Crippen molar-refractivity contribution in [1.29, 1.82) is 5.41 Å². The molecular weight excluding hydrogens is 322 g/mol. The summed E-state index contributed by atoms with van der Waals surface area (Å²) in [5, 5.41) is 10.7. The molecule has 0 aromatic carbocycles. The van der Waals surface area contributed by atoms with Crippen molar-refractivity contribution in [2.24, 2.45) is 0 Å². The quantitative estimate of drug-likeness (QED) is 0.417. The molecule has 0 amide bonds. The maximum atomic E-state index is 12.8. The molecular formula is C16H21N7O2. The number of fused-ring (bicyclic) bond motifs is 3. The van der Waals surface area contributed by atoms with Crippen LogP contribution < -0.4 is 10.9 Å². The first kappa shape index (κ1) is 16.9. The Bertz CT molecular complexity index is 980.